The molecule has 1 fully saturated rings. The average Bonchev–Trinajstić information content (AvgIpc) is 2.72. The third-order valence-electron chi connectivity index (χ3n) is 4.99. The maximum atomic E-state index is 13.5. The number of benzene rings is 2. The molecule has 0 bridgehead atoms. The zero-order valence-electron chi connectivity index (χ0n) is 16.3. The van der Waals surface area contributed by atoms with E-state index in [2.05, 4.69) is 0 Å². The van der Waals surface area contributed by atoms with Crippen molar-refractivity contribution >= 4 is 15.7 Å². The second kappa shape index (κ2) is 8.16. The molecule has 30 heavy (non-hydrogen) atoms. The maximum Gasteiger partial charge on any atom is 0.418 e. The standard InChI is InChI=1S/C20H20F3N3O3S/c1-14-13-25(19-7-6-15(12-24)10-18(19)20(21,22)23)8-9-26(14)30(27,28)17-5-3-4-16(11-17)29-2/h3-7,10-11,14H,8-9,13H2,1-2H3/t14-/m1/s1. The molecule has 0 unspecified atom stereocenters. The Balaban J connectivity index is 1.88. The van der Waals surface area contributed by atoms with Gasteiger partial charge in [-0.2, -0.15) is 22.7 Å². The molecule has 1 heterocycles. The Kier molecular flexibility index (Phi) is 5.97. The monoisotopic (exact) mass is 439 g/mol. The Morgan fingerprint density at radius 3 is 2.50 bits per heavy atom. The molecule has 6 nitrogen and oxygen atoms in total. The summed E-state index contributed by atoms with van der Waals surface area (Å²) < 4.78 is 73.0. The predicted octanol–water partition coefficient (Wildman–Crippen LogP) is 3.49. The van der Waals surface area contributed by atoms with Gasteiger partial charge in [-0.3, -0.25) is 0 Å². The van der Waals surface area contributed by atoms with Crippen LogP contribution in [0.4, 0.5) is 18.9 Å². The number of hydrogen-bond acceptors (Lipinski definition) is 5. The van der Waals surface area contributed by atoms with E-state index in [1.807, 2.05) is 0 Å². The van der Waals surface area contributed by atoms with E-state index >= 15 is 0 Å². The van der Waals surface area contributed by atoms with E-state index in [1.165, 1.54) is 40.6 Å². The summed E-state index contributed by atoms with van der Waals surface area (Å²) in [4.78, 5) is 1.57. The molecule has 0 amide bonds. The van der Waals surface area contributed by atoms with Crippen molar-refractivity contribution in [3.63, 3.8) is 0 Å². The summed E-state index contributed by atoms with van der Waals surface area (Å²) in [6, 6.07) is 10.6. The lowest BCUT2D eigenvalue weighted by molar-refractivity contribution is -0.137. The lowest BCUT2D eigenvalue weighted by Crippen LogP contribution is -2.54. The summed E-state index contributed by atoms with van der Waals surface area (Å²) in [6.07, 6.45) is -4.63. The molecule has 1 aliphatic heterocycles. The molecule has 1 atom stereocenters. The number of sulfonamides is 1. The number of alkyl halides is 3. The van der Waals surface area contributed by atoms with E-state index in [1.54, 1.807) is 25.1 Å². The molecule has 0 radical (unpaired) electrons. The van der Waals surface area contributed by atoms with Crippen LogP contribution >= 0.6 is 0 Å². The van der Waals surface area contributed by atoms with Crippen LogP contribution in [0.1, 0.15) is 18.1 Å². The van der Waals surface area contributed by atoms with Gasteiger partial charge in [-0.1, -0.05) is 6.07 Å². The van der Waals surface area contributed by atoms with E-state index in [-0.39, 0.29) is 35.8 Å². The van der Waals surface area contributed by atoms with Crippen molar-refractivity contribution in [2.75, 3.05) is 31.6 Å². The highest BCUT2D eigenvalue weighted by Gasteiger charge is 2.39. The van der Waals surface area contributed by atoms with E-state index in [9.17, 15) is 21.6 Å². The number of nitriles is 1. The molecule has 1 saturated heterocycles. The van der Waals surface area contributed by atoms with Crippen LogP contribution in [0.5, 0.6) is 5.75 Å². The highest BCUT2D eigenvalue weighted by molar-refractivity contribution is 7.89. The first-order chi connectivity index (χ1) is 14.1. The minimum Gasteiger partial charge on any atom is -0.497 e. The lowest BCUT2D eigenvalue weighted by Gasteiger charge is -2.40. The van der Waals surface area contributed by atoms with E-state index < -0.39 is 27.8 Å². The minimum absolute atomic E-state index is 0.0258. The zero-order chi connectivity index (χ0) is 22.1. The number of halogens is 3. The van der Waals surface area contributed by atoms with Gasteiger partial charge in [0.2, 0.25) is 10.0 Å². The quantitative estimate of drug-likeness (QED) is 0.729. The Bertz CT molecular complexity index is 1080. The van der Waals surface area contributed by atoms with Crippen LogP contribution in [0.15, 0.2) is 47.4 Å². The third-order valence-corrected chi connectivity index (χ3v) is 7.00. The molecular weight excluding hydrogens is 419 g/mol. The second-order valence-electron chi connectivity index (χ2n) is 6.93. The topological polar surface area (TPSA) is 73.6 Å². The normalized spacial score (nSPS) is 18.1. The Labute approximate surface area is 173 Å². The van der Waals surface area contributed by atoms with Crippen molar-refractivity contribution in [2.45, 2.75) is 24.0 Å². The summed E-state index contributed by atoms with van der Waals surface area (Å²) >= 11 is 0. The maximum absolute atomic E-state index is 13.5. The van der Waals surface area contributed by atoms with Crippen molar-refractivity contribution < 1.29 is 26.3 Å². The largest absolute Gasteiger partial charge is 0.497 e. The number of hydrogen-bond donors (Lipinski definition) is 0. The van der Waals surface area contributed by atoms with Gasteiger partial charge >= 0.3 is 6.18 Å². The molecule has 0 aromatic heterocycles. The van der Waals surface area contributed by atoms with Gasteiger partial charge in [0.15, 0.2) is 0 Å². The van der Waals surface area contributed by atoms with E-state index in [4.69, 9.17) is 10.00 Å². The van der Waals surface area contributed by atoms with Crippen molar-refractivity contribution in [1.82, 2.24) is 4.31 Å². The van der Waals surface area contributed by atoms with Crippen LogP contribution in [-0.4, -0.2) is 45.5 Å². The highest BCUT2D eigenvalue weighted by Crippen LogP contribution is 2.38. The van der Waals surface area contributed by atoms with Gasteiger partial charge in [0.25, 0.3) is 0 Å². The number of methoxy groups -OCH3 is 1. The van der Waals surface area contributed by atoms with Crippen LogP contribution in [0.2, 0.25) is 0 Å². The fraction of sp³-hybridized carbons (Fsp3) is 0.350. The SMILES string of the molecule is COc1cccc(S(=O)(=O)N2CCN(c3ccc(C#N)cc3C(F)(F)F)C[C@H]2C)c1. The molecule has 0 spiro atoms. The van der Waals surface area contributed by atoms with Crippen molar-refractivity contribution in [1.29, 1.82) is 5.26 Å². The van der Waals surface area contributed by atoms with Crippen LogP contribution in [0.3, 0.4) is 0 Å². The molecule has 0 N–H and O–H groups in total. The molecule has 160 valence electrons. The average molecular weight is 439 g/mol. The smallest absolute Gasteiger partial charge is 0.418 e. The summed E-state index contributed by atoms with van der Waals surface area (Å²) in [5.41, 5.74) is -1.05. The first-order valence-electron chi connectivity index (χ1n) is 9.10. The van der Waals surface area contributed by atoms with Crippen LogP contribution in [0, 0.1) is 11.3 Å². The van der Waals surface area contributed by atoms with E-state index in [0.29, 0.717) is 5.75 Å². The molecule has 3 rings (SSSR count). The molecule has 2 aromatic carbocycles. The molecule has 0 aliphatic carbocycles. The third kappa shape index (κ3) is 4.22. The zero-order valence-corrected chi connectivity index (χ0v) is 17.2. The summed E-state index contributed by atoms with van der Waals surface area (Å²) in [5, 5.41) is 8.93. The summed E-state index contributed by atoms with van der Waals surface area (Å²) in [7, 11) is -2.40. The summed E-state index contributed by atoms with van der Waals surface area (Å²) in [6.45, 7) is 1.85. The molecule has 0 saturated carbocycles. The van der Waals surface area contributed by atoms with Gasteiger partial charge in [-0.05, 0) is 37.3 Å². The second-order valence-corrected chi connectivity index (χ2v) is 8.82. The van der Waals surface area contributed by atoms with Crippen molar-refractivity contribution in [3.8, 4) is 11.8 Å². The number of piperazine rings is 1. The number of nitrogens with zero attached hydrogens (tertiary/aromatic N) is 3. The van der Waals surface area contributed by atoms with Gasteiger partial charge in [-0.15, -0.1) is 0 Å². The van der Waals surface area contributed by atoms with Gasteiger partial charge in [0, 0.05) is 37.4 Å². The Hall–Kier alpha value is -2.77. The number of anilines is 1. The molecule has 2 aromatic rings. The highest BCUT2D eigenvalue weighted by atomic mass is 32.2. The van der Waals surface area contributed by atoms with Crippen LogP contribution in [-0.2, 0) is 16.2 Å². The van der Waals surface area contributed by atoms with Gasteiger partial charge < -0.3 is 9.64 Å². The number of rotatable bonds is 4. The van der Waals surface area contributed by atoms with Crippen LogP contribution < -0.4 is 9.64 Å². The van der Waals surface area contributed by atoms with Gasteiger partial charge in [0.1, 0.15) is 5.75 Å². The van der Waals surface area contributed by atoms with Crippen molar-refractivity contribution in [2.24, 2.45) is 0 Å². The minimum atomic E-state index is -4.63. The molecule has 1 aliphatic rings. The van der Waals surface area contributed by atoms with Crippen molar-refractivity contribution in [3.05, 3.63) is 53.6 Å². The van der Waals surface area contributed by atoms with Gasteiger partial charge in [0.05, 0.1) is 29.2 Å². The molecular formula is C20H20F3N3O3S. The Morgan fingerprint density at radius 2 is 1.90 bits per heavy atom. The van der Waals surface area contributed by atoms with Crippen LogP contribution in [0.25, 0.3) is 0 Å². The fourth-order valence-electron chi connectivity index (χ4n) is 3.52. The van der Waals surface area contributed by atoms with Gasteiger partial charge in [-0.25, -0.2) is 8.42 Å². The first-order valence-corrected chi connectivity index (χ1v) is 10.5. The lowest BCUT2D eigenvalue weighted by atomic mass is 10.1. The molecule has 10 heteroatoms. The summed E-state index contributed by atoms with van der Waals surface area (Å²) in [5.74, 6) is 0.398. The fourth-order valence-corrected chi connectivity index (χ4v) is 5.17. The number of ether oxygens (including phenoxy) is 1. The predicted molar refractivity (Wildman–Crippen MR) is 105 cm³/mol. The first kappa shape index (κ1) is 21.9. The van der Waals surface area contributed by atoms with E-state index in [0.717, 1.165) is 6.07 Å². The Morgan fingerprint density at radius 1 is 1.17 bits per heavy atom.